The second kappa shape index (κ2) is 15.8. The summed E-state index contributed by atoms with van der Waals surface area (Å²) < 4.78 is 0. The quantitative estimate of drug-likeness (QED) is 0.153. The van der Waals surface area contributed by atoms with Crippen molar-refractivity contribution in [2.45, 2.75) is 13.8 Å². The summed E-state index contributed by atoms with van der Waals surface area (Å²) in [5.41, 5.74) is 12.3. The van der Waals surface area contributed by atoms with Gasteiger partial charge in [-0.15, -0.1) is 0 Å². The van der Waals surface area contributed by atoms with Crippen LogP contribution in [-0.4, -0.2) is 29.9 Å². The SMILES string of the molecule is Cc1ccccc1-c1nc(-c2ccccc2)nc(-c2cccc(-c3ccc4c(-c5cccc(-c6nc(-c7ccccc7)nc(-c7ccccc7C)n6)c5)cccc4c3)c2)n1. The van der Waals surface area contributed by atoms with Crippen molar-refractivity contribution in [1.29, 1.82) is 0 Å². The van der Waals surface area contributed by atoms with Gasteiger partial charge in [-0.05, 0) is 76.2 Å². The van der Waals surface area contributed by atoms with E-state index in [9.17, 15) is 0 Å². The van der Waals surface area contributed by atoms with Gasteiger partial charge in [-0.1, -0.05) is 176 Å². The minimum Gasteiger partial charge on any atom is -0.208 e. The predicted molar refractivity (Wildman–Crippen MR) is 244 cm³/mol. The van der Waals surface area contributed by atoms with Crippen molar-refractivity contribution in [1.82, 2.24) is 29.9 Å². The van der Waals surface area contributed by atoms with Crippen LogP contribution in [0, 0.1) is 13.8 Å². The van der Waals surface area contributed by atoms with E-state index in [4.69, 9.17) is 29.9 Å². The maximum Gasteiger partial charge on any atom is 0.164 e. The fourth-order valence-corrected chi connectivity index (χ4v) is 7.71. The molecule has 6 heteroatoms. The molecular weight excluding hydrogens is 733 g/mol. The molecule has 10 rings (SSSR count). The molecule has 284 valence electrons. The van der Waals surface area contributed by atoms with E-state index < -0.39 is 0 Å². The first kappa shape index (κ1) is 36.4. The molecule has 0 saturated carbocycles. The molecule has 10 aromatic rings. The monoisotopic (exact) mass is 770 g/mol. The van der Waals surface area contributed by atoms with Crippen LogP contribution in [0.15, 0.2) is 194 Å². The van der Waals surface area contributed by atoms with Crippen molar-refractivity contribution >= 4 is 10.8 Å². The summed E-state index contributed by atoms with van der Waals surface area (Å²) in [6.07, 6.45) is 0. The van der Waals surface area contributed by atoms with E-state index in [2.05, 4.69) is 123 Å². The smallest absolute Gasteiger partial charge is 0.164 e. The van der Waals surface area contributed by atoms with Crippen LogP contribution >= 0.6 is 0 Å². The Morgan fingerprint density at radius 1 is 0.250 bits per heavy atom. The van der Waals surface area contributed by atoms with E-state index >= 15 is 0 Å². The van der Waals surface area contributed by atoms with Gasteiger partial charge in [-0.25, -0.2) is 29.9 Å². The van der Waals surface area contributed by atoms with Crippen LogP contribution in [-0.2, 0) is 0 Å². The van der Waals surface area contributed by atoms with E-state index in [0.717, 1.165) is 77.5 Å². The van der Waals surface area contributed by atoms with E-state index in [1.807, 2.05) is 84.9 Å². The van der Waals surface area contributed by atoms with Gasteiger partial charge in [0, 0.05) is 33.4 Å². The average molecular weight is 771 g/mol. The van der Waals surface area contributed by atoms with E-state index in [0.29, 0.717) is 34.9 Å². The molecule has 60 heavy (non-hydrogen) atoms. The molecular formula is C54H38N6. The third kappa shape index (κ3) is 7.23. The van der Waals surface area contributed by atoms with Crippen molar-refractivity contribution in [3.05, 3.63) is 205 Å². The maximum absolute atomic E-state index is 5.04. The molecule has 0 spiro atoms. The number of aromatic nitrogens is 6. The molecule has 0 aliphatic heterocycles. The third-order valence-corrected chi connectivity index (χ3v) is 10.9. The summed E-state index contributed by atoms with van der Waals surface area (Å²) in [5.74, 6) is 3.86. The molecule has 6 nitrogen and oxygen atoms in total. The van der Waals surface area contributed by atoms with Crippen LogP contribution in [0.25, 0.3) is 101 Å². The number of benzene rings is 8. The number of hydrogen-bond acceptors (Lipinski definition) is 6. The van der Waals surface area contributed by atoms with E-state index in [1.165, 1.54) is 0 Å². The van der Waals surface area contributed by atoms with Crippen LogP contribution in [0.5, 0.6) is 0 Å². The Bertz CT molecular complexity index is 3180. The van der Waals surface area contributed by atoms with E-state index in [-0.39, 0.29) is 0 Å². The van der Waals surface area contributed by atoms with Gasteiger partial charge in [0.05, 0.1) is 0 Å². The molecule has 0 atom stereocenters. The maximum atomic E-state index is 5.04. The Morgan fingerprint density at radius 3 is 1.18 bits per heavy atom. The van der Waals surface area contributed by atoms with Crippen LogP contribution in [0.1, 0.15) is 11.1 Å². The molecule has 0 saturated heterocycles. The Morgan fingerprint density at radius 2 is 0.633 bits per heavy atom. The van der Waals surface area contributed by atoms with Crippen LogP contribution in [0.4, 0.5) is 0 Å². The van der Waals surface area contributed by atoms with Gasteiger partial charge in [0.25, 0.3) is 0 Å². The molecule has 2 aromatic heterocycles. The van der Waals surface area contributed by atoms with Gasteiger partial charge in [-0.3, -0.25) is 0 Å². The summed E-state index contributed by atoms with van der Waals surface area (Å²) in [7, 11) is 0. The van der Waals surface area contributed by atoms with Crippen molar-refractivity contribution < 1.29 is 0 Å². The highest BCUT2D eigenvalue weighted by molar-refractivity contribution is 5.99. The van der Waals surface area contributed by atoms with Gasteiger partial charge < -0.3 is 0 Å². The lowest BCUT2D eigenvalue weighted by atomic mass is 9.94. The summed E-state index contributed by atoms with van der Waals surface area (Å²) in [5, 5.41) is 2.30. The lowest BCUT2D eigenvalue weighted by Crippen LogP contribution is -2.01. The average Bonchev–Trinajstić information content (AvgIpc) is 3.32. The summed E-state index contributed by atoms with van der Waals surface area (Å²) in [6.45, 7) is 4.17. The molecule has 2 heterocycles. The molecule has 0 aliphatic rings. The lowest BCUT2D eigenvalue weighted by Gasteiger charge is -2.13. The van der Waals surface area contributed by atoms with Gasteiger partial charge in [0.15, 0.2) is 34.9 Å². The van der Waals surface area contributed by atoms with Gasteiger partial charge in [0.1, 0.15) is 0 Å². The van der Waals surface area contributed by atoms with Gasteiger partial charge in [-0.2, -0.15) is 0 Å². The highest BCUT2D eigenvalue weighted by Gasteiger charge is 2.17. The molecule has 0 unspecified atom stereocenters. The summed E-state index contributed by atoms with van der Waals surface area (Å²) >= 11 is 0. The third-order valence-electron chi connectivity index (χ3n) is 10.9. The second-order valence-corrected chi connectivity index (χ2v) is 14.9. The topological polar surface area (TPSA) is 77.3 Å². The first-order chi connectivity index (χ1) is 29.5. The highest BCUT2D eigenvalue weighted by Crippen LogP contribution is 2.36. The van der Waals surface area contributed by atoms with Crippen molar-refractivity contribution in [3.63, 3.8) is 0 Å². The van der Waals surface area contributed by atoms with E-state index in [1.54, 1.807) is 0 Å². The van der Waals surface area contributed by atoms with Crippen LogP contribution in [0.2, 0.25) is 0 Å². The zero-order valence-corrected chi connectivity index (χ0v) is 33.2. The van der Waals surface area contributed by atoms with Crippen molar-refractivity contribution in [2.75, 3.05) is 0 Å². The Balaban J connectivity index is 1.02. The molecule has 0 amide bonds. The first-order valence-electron chi connectivity index (χ1n) is 20.0. The largest absolute Gasteiger partial charge is 0.208 e. The number of fused-ring (bicyclic) bond motifs is 1. The molecule has 0 fully saturated rings. The molecule has 0 radical (unpaired) electrons. The summed E-state index contributed by atoms with van der Waals surface area (Å²) in [6, 6.07) is 66.7. The normalized spacial score (nSPS) is 11.2. The Hall–Kier alpha value is -7.96. The Labute approximate surface area is 349 Å². The molecule has 8 aromatic carbocycles. The minimum atomic E-state index is 0.631. The molecule has 0 bridgehead atoms. The zero-order chi connectivity index (χ0) is 40.4. The highest BCUT2D eigenvalue weighted by atomic mass is 15.0. The van der Waals surface area contributed by atoms with Gasteiger partial charge >= 0.3 is 0 Å². The number of nitrogens with zero attached hydrogens (tertiary/aromatic N) is 6. The zero-order valence-electron chi connectivity index (χ0n) is 33.2. The van der Waals surface area contributed by atoms with Crippen LogP contribution < -0.4 is 0 Å². The molecule has 0 N–H and O–H groups in total. The standard InChI is InChI=1S/C54H38N6/c1-35-16-9-11-27-45(35)53-57-49(37-18-5-3-6-19-37)55-51(59-53)43-25-13-22-39(33-43)40-30-31-48-41(32-40)24-15-29-47(48)42-23-14-26-44(34-42)52-56-50(38-20-7-4-8-21-38)58-54(60-52)46-28-12-10-17-36(46)2/h3-34H,1-2H3. The summed E-state index contributed by atoms with van der Waals surface area (Å²) in [4.78, 5) is 30.0. The number of aryl methyl sites for hydroxylation is 2. The predicted octanol–water partition coefficient (Wildman–Crippen LogP) is 13.2. The van der Waals surface area contributed by atoms with Gasteiger partial charge in [0.2, 0.25) is 0 Å². The number of rotatable bonds is 8. The first-order valence-corrected chi connectivity index (χ1v) is 20.0. The fourth-order valence-electron chi connectivity index (χ4n) is 7.71. The molecule has 0 aliphatic carbocycles. The second-order valence-electron chi connectivity index (χ2n) is 14.9. The lowest BCUT2D eigenvalue weighted by molar-refractivity contribution is 1.07. The van der Waals surface area contributed by atoms with Crippen molar-refractivity contribution in [3.8, 4) is 90.6 Å². The Kier molecular flexibility index (Phi) is 9.56. The minimum absolute atomic E-state index is 0.631. The van der Waals surface area contributed by atoms with Crippen LogP contribution in [0.3, 0.4) is 0 Å². The number of hydrogen-bond donors (Lipinski definition) is 0. The fraction of sp³-hybridized carbons (Fsp3) is 0.0370. The van der Waals surface area contributed by atoms with Crippen molar-refractivity contribution in [2.24, 2.45) is 0 Å².